The maximum absolute atomic E-state index is 11.2. The zero-order valence-electron chi connectivity index (χ0n) is 8.18. The van der Waals surface area contributed by atoms with Crippen molar-refractivity contribution in [1.29, 1.82) is 0 Å². The molecular formula is C11H8N2O3. The van der Waals surface area contributed by atoms with Crippen LogP contribution in [0.2, 0.25) is 0 Å². The summed E-state index contributed by atoms with van der Waals surface area (Å²) < 4.78 is 0. The molecule has 0 atom stereocenters. The van der Waals surface area contributed by atoms with Crippen LogP contribution in [0.1, 0.15) is 21.0 Å². The zero-order chi connectivity index (χ0) is 11.7. The minimum atomic E-state index is -1.19. The summed E-state index contributed by atoms with van der Waals surface area (Å²) in [7, 11) is 0. The number of nitrogens with zero attached hydrogens (tertiary/aromatic N) is 1. The number of hydrogen-bond donors (Lipinski definition) is 2. The molecule has 1 amide bonds. The number of benzene rings is 1. The fraction of sp³-hybridized carbons (Fsp3) is 0. The van der Waals surface area contributed by atoms with E-state index in [2.05, 4.69) is 4.98 Å². The number of pyridine rings is 1. The molecule has 5 heteroatoms. The normalized spacial score (nSPS) is 10.2. The summed E-state index contributed by atoms with van der Waals surface area (Å²) in [6, 6.07) is 8.27. The predicted molar refractivity (Wildman–Crippen MR) is 57.2 cm³/mol. The molecule has 0 aliphatic carbocycles. The minimum Gasteiger partial charge on any atom is -0.477 e. The van der Waals surface area contributed by atoms with Crippen LogP contribution < -0.4 is 5.73 Å². The molecule has 0 radical (unpaired) electrons. The highest BCUT2D eigenvalue weighted by Gasteiger charge is 2.13. The van der Waals surface area contributed by atoms with E-state index in [0.717, 1.165) is 0 Å². The first kappa shape index (κ1) is 10.1. The van der Waals surface area contributed by atoms with Gasteiger partial charge in [0.05, 0.1) is 0 Å². The molecule has 2 aromatic rings. The smallest absolute Gasteiger partial charge is 0.354 e. The molecule has 1 aromatic heterocycles. The number of hydrogen-bond acceptors (Lipinski definition) is 3. The van der Waals surface area contributed by atoms with Gasteiger partial charge >= 0.3 is 5.97 Å². The standard InChI is InChI=1S/C11H8N2O3/c12-10(14)9-7-4-2-1-3-6(7)5-8(13-9)11(15)16/h1-5H,(H2,12,14)(H,15,16). The minimum absolute atomic E-state index is 0.0181. The van der Waals surface area contributed by atoms with Crippen LogP contribution in [0, 0.1) is 0 Å². The monoisotopic (exact) mass is 216 g/mol. The van der Waals surface area contributed by atoms with Crippen molar-refractivity contribution < 1.29 is 14.7 Å². The van der Waals surface area contributed by atoms with Gasteiger partial charge in [0.2, 0.25) is 0 Å². The summed E-state index contributed by atoms with van der Waals surface area (Å²) >= 11 is 0. The summed E-state index contributed by atoms with van der Waals surface area (Å²) in [4.78, 5) is 25.7. The van der Waals surface area contributed by atoms with Crippen LogP contribution in [0.5, 0.6) is 0 Å². The molecule has 0 fully saturated rings. The average Bonchev–Trinajstić information content (AvgIpc) is 2.27. The molecular weight excluding hydrogens is 208 g/mol. The lowest BCUT2D eigenvalue weighted by molar-refractivity contribution is 0.0690. The summed E-state index contributed by atoms with van der Waals surface area (Å²) in [6.07, 6.45) is 0. The van der Waals surface area contributed by atoms with E-state index in [1.165, 1.54) is 6.07 Å². The number of primary amides is 1. The molecule has 80 valence electrons. The van der Waals surface area contributed by atoms with Crippen LogP contribution in [0.3, 0.4) is 0 Å². The largest absolute Gasteiger partial charge is 0.477 e. The van der Waals surface area contributed by atoms with Crippen LogP contribution in [0.25, 0.3) is 10.8 Å². The van der Waals surface area contributed by atoms with E-state index in [9.17, 15) is 9.59 Å². The summed E-state index contributed by atoms with van der Waals surface area (Å²) in [5, 5.41) is 10.0. The van der Waals surface area contributed by atoms with Crippen LogP contribution in [-0.4, -0.2) is 22.0 Å². The Hall–Kier alpha value is -2.43. The second-order valence-corrected chi connectivity index (χ2v) is 3.25. The molecule has 0 aliphatic rings. The number of carbonyl (C=O) groups is 2. The van der Waals surface area contributed by atoms with Crippen LogP contribution in [0.4, 0.5) is 0 Å². The van der Waals surface area contributed by atoms with Gasteiger partial charge in [-0.2, -0.15) is 0 Å². The van der Waals surface area contributed by atoms with E-state index in [1.54, 1.807) is 24.3 Å². The number of rotatable bonds is 2. The van der Waals surface area contributed by atoms with Crippen molar-refractivity contribution in [3.63, 3.8) is 0 Å². The van der Waals surface area contributed by atoms with Crippen molar-refractivity contribution in [3.8, 4) is 0 Å². The van der Waals surface area contributed by atoms with Gasteiger partial charge in [0.15, 0.2) is 0 Å². The first-order chi connectivity index (χ1) is 7.59. The van der Waals surface area contributed by atoms with E-state index >= 15 is 0 Å². The molecule has 0 saturated heterocycles. The van der Waals surface area contributed by atoms with Crippen molar-refractivity contribution >= 4 is 22.6 Å². The topological polar surface area (TPSA) is 93.3 Å². The van der Waals surface area contributed by atoms with Gasteiger partial charge in [0.25, 0.3) is 5.91 Å². The molecule has 16 heavy (non-hydrogen) atoms. The van der Waals surface area contributed by atoms with Crippen LogP contribution in [0.15, 0.2) is 30.3 Å². The highest BCUT2D eigenvalue weighted by molar-refractivity contribution is 6.06. The van der Waals surface area contributed by atoms with Gasteiger partial charge in [-0.25, -0.2) is 9.78 Å². The Balaban J connectivity index is 2.84. The van der Waals surface area contributed by atoms with Crippen molar-refractivity contribution in [1.82, 2.24) is 4.98 Å². The Bertz CT molecular complexity index is 593. The molecule has 3 N–H and O–H groups in total. The number of aromatic nitrogens is 1. The Morgan fingerprint density at radius 2 is 1.94 bits per heavy atom. The van der Waals surface area contributed by atoms with Crippen molar-refractivity contribution in [2.45, 2.75) is 0 Å². The first-order valence-electron chi connectivity index (χ1n) is 4.52. The summed E-state index contributed by atoms with van der Waals surface area (Å²) in [5.41, 5.74) is 4.95. The maximum Gasteiger partial charge on any atom is 0.354 e. The third kappa shape index (κ3) is 1.58. The van der Waals surface area contributed by atoms with Gasteiger partial charge in [0.1, 0.15) is 11.4 Å². The number of carboxylic acids is 1. The fourth-order valence-corrected chi connectivity index (χ4v) is 1.50. The molecule has 0 unspecified atom stereocenters. The Morgan fingerprint density at radius 1 is 1.25 bits per heavy atom. The second-order valence-electron chi connectivity index (χ2n) is 3.25. The lowest BCUT2D eigenvalue weighted by Gasteiger charge is -2.03. The number of aromatic carboxylic acids is 1. The molecule has 1 heterocycles. The van der Waals surface area contributed by atoms with Crippen LogP contribution >= 0.6 is 0 Å². The van der Waals surface area contributed by atoms with E-state index in [-0.39, 0.29) is 11.4 Å². The number of nitrogens with two attached hydrogens (primary N) is 1. The van der Waals surface area contributed by atoms with Gasteiger partial charge in [-0.05, 0) is 11.5 Å². The third-order valence-electron chi connectivity index (χ3n) is 2.19. The highest BCUT2D eigenvalue weighted by Crippen LogP contribution is 2.18. The van der Waals surface area contributed by atoms with E-state index in [4.69, 9.17) is 10.8 Å². The third-order valence-corrected chi connectivity index (χ3v) is 2.19. The Morgan fingerprint density at radius 3 is 2.56 bits per heavy atom. The van der Waals surface area contributed by atoms with E-state index in [0.29, 0.717) is 10.8 Å². The predicted octanol–water partition coefficient (Wildman–Crippen LogP) is 1.03. The van der Waals surface area contributed by atoms with E-state index < -0.39 is 11.9 Å². The lowest BCUT2D eigenvalue weighted by Crippen LogP contribution is -2.16. The Labute approximate surface area is 90.5 Å². The SMILES string of the molecule is NC(=O)c1nc(C(=O)O)cc2ccccc12. The molecule has 0 spiro atoms. The number of amides is 1. The second kappa shape index (κ2) is 3.62. The molecule has 0 bridgehead atoms. The van der Waals surface area contributed by atoms with Gasteiger partial charge in [-0.3, -0.25) is 4.79 Å². The molecule has 5 nitrogen and oxygen atoms in total. The Kier molecular flexibility index (Phi) is 2.28. The molecule has 0 aliphatic heterocycles. The van der Waals surface area contributed by atoms with Crippen molar-refractivity contribution in [2.75, 3.05) is 0 Å². The summed E-state index contributed by atoms with van der Waals surface area (Å²) in [6.45, 7) is 0. The van der Waals surface area contributed by atoms with Gasteiger partial charge < -0.3 is 10.8 Å². The van der Waals surface area contributed by atoms with Gasteiger partial charge in [0, 0.05) is 5.39 Å². The van der Waals surface area contributed by atoms with Gasteiger partial charge in [-0.1, -0.05) is 24.3 Å². The molecule has 2 rings (SSSR count). The first-order valence-corrected chi connectivity index (χ1v) is 4.52. The van der Waals surface area contributed by atoms with E-state index in [1.807, 2.05) is 0 Å². The lowest BCUT2D eigenvalue weighted by atomic mass is 10.1. The fourth-order valence-electron chi connectivity index (χ4n) is 1.50. The average molecular weight is 216 g/mol. The molecule has 1 aromatic carbocycles. The van der Waals surface area contributed by atoms with Crippen molar-refractivity contribution in [3.05, 3.63) is 41.7 Å². The summed E-state index contributed by atoms with van der Waals surface area (Å²) in [5.74, 6) is -1.92. The van der Waals surface area contributed by atoms with Crippen LogP contribution in [-0.2, 0) is 0 Å². The highest BCUT2D eigenvalue weighted by atomic mass is 16.4. The number of carbonyl (C=O) groups excluding carboxylic acids is 1. The number of carboxylic acid groups (broad SMARTS) is 1. The quantitative estimate of drug-likeness (QED) is 0.784. The zero-order valence-corrected chi connectivity index (χ0v) is 8.18. The molecule has 0 saturated carbocycles. The van der Waals surface area contributed by atoms with Crippen molar-refractivity contribution in [2.24, 2.45) is 5.73 Å². The number of fused-ring (bicyclic) bond motifs is 1. The van der Waals surface area contributed by atoms with Gasteiger partial charge in [-0.15, -0.1) is 0 Å². The maximum atomic E-state index is 11.2.